The second-order valence-electron chi connectivity index (χ2n) is 6.37. The first-order valence-electron chi connectivity index (χ1n) is 8.50. The largest absolute Gasteiger partial charge is 0.497 e. The van der Waals surface area contributed by atoms with E-state index in [0.717, 1.165) is 49.1 Å². The SMILES string of the molecule is COc1ccc2oc(-c3ccc4nc(-n5nc(C)cc5C)sc4c3)nc2c1. The first-order chi connectivity index (χ1) is 13.1. The minimum absolute atomic E-state index is 0.584. The molecule has 7 heteroatoms. The van der Waals surface area contributed by atoms with Gasteiger partial charge in [-0.1, -0.05) is 11.3 Å². The molecule has 0 aliphatic carbocycles. The molecule has 0 unspecified atom stereocenters. The van der Waals surface area contributed by atoms with Crippen molar-refractivity contribution in [3.63, 3.8) is 0 Å². The first kappa shape index (κ1) is 16.0. The molecule has 6 nitrogen and oxygen atoms in total. The van der Waals surface area contributed by atoms with Crippen molar-refractivity contribution < 1.29 is 9.15 Å². The Balaban J connectivity index is 1.59. The van der Waals surface area contributed by atoms with Crippen molar-refractivity contribution in [2.24, 2.45) is 0 Å². The number of fused-ring (bicyclic) bond motifs is 2. The van der Waals surface area contributed by atoms with Crippen LogP contribution in [0.1, 0.15) is 11.4 Å². The zero-order valence-electron chi connectivity index (χ0n) is 15.1. The van der Waals surface area contributed by atoms with E-state index in [9.17, 15) is 0 Å². The van der Waals surface area contributed by atoms with Crippen molar-refractivity contribution in [3.05, 3.63) is 53.9 Å². The standard InChI is InChI=1S/C20H16N4O2S/c1-11-8-12(2)24(23-11)20-22-15-6-4-13(9-18(15)27-20)19-21-16-10-14(25-3)5-7-17(16)26-19/h4-10H,1-3H3. The second-order valence-corrected chi connectivity index (χ2v) is 7.38. The molecule has 0 atom stereocenters. The van der Waals surface area contributed by atoms with E-state index in [0.29, 0.717) is 5.89 Å². The zero-order valence-corrected chi connectivity index (χ0v) is 15.9. The van der Waals surface area contributed by atoms with Gasteiger partial charge in [0.2, 0.25) is 11.0 Å². The molecule has 0 aliphatic heterocycles. The number of hydrogen-bond acceptors (Lipinski definition) is 6. The van der Waals surface area contributed by atoms with Gasteiger partial charge in [-0.3, -0.25) is 0 Å². The summed E-state index contributed by atoms with van der Waals surface area (Å²) in [5.74, 6) is 1.34. The van der Waals surface area contributed by atoms with Crippen LogP contribution in [-0.4, -0.2) is 26.9 Å². The van der Waals surface area contributed by atoms with Gasteiger partial charge in [0.15, 0.2) is 5.58 Å². The van der Waals surface area contributed by atoms with E-state index in [4.69, 9.17) is 14.1 Å². The number of rotatable bonds is 3. The molecule has 2 aromatic carbocycles. The number of methoxy groups -OCH3 is 1. The van der Waals surface area contributed by atoms with Gasteiger partial charge < -0.3 is 9.15 Å². The van der Waals surface area contributed by atoms with Crippen LogP contribution in [0.3, 0.4) is 0 Å². The smallest absolute Gasteiger partial charge is 0.227 e. The molecule has 5 aromatic rings. The van der Waals surface area contributed by atoms with Crippen LogP contribution in [0.25, 0.3) is 37.9 Å². The summed E-state index contributed by atoms with van der Waals surface area (Å²) < 4.78 is 14.1. The Bertz CT molecular complexity index is 1300. The lowest BCUT2D eigenvalue weighted by molar-refractivity contribution is 0.415. The van der Waals surface area contributed by atoms with Crippen molar-refractivity contribution in [2.45, 2.75) is 13.8 Å². The van der Waals surface area contributed by atoms with E-state index in [1.54, 1.807) is 18.4 Å². The fourth-order valence-electron chi connectivity index (χ4n) is 3.12. The molecule has 0 N–H and O–H groups in total. The van der Waals surface area contributed by atoms with Gasteiger partial charge in [0, 0.05) is 17.3 Å². The molecule has 0 aliphatic rings. The number of nitrogens with zero attached hydrogens (tertiary/aromatic N) is 4. The number of ether oxygens (including phenoxy) is 1. The summed E-state index contributed by atoms with van der Waals surface area (Å²) in [6.07, 6.45) is 0. The number of oxazole rings is 1. The summed E-state index contributed by atoms with van der Waals surface area (Å²) in [5.41, 5.74) is 5.41. The van der Waals surface area contributed by atoms with E-state index in [2.05, 4.69) is 16.1 Å². The van der Waals surface area contributed by atoms with Crippen LogP contribution in [0.4, 0.5) is 0 Å². The van der Waals surface area contributed by atoms with Crippen LogP contribution in [0.15, 0.2) is 46.9 Å². The monoisotopic (exact) mass is 376 g/mol. The third kappa shape index (κ3) is 2.67. The summed E-state index contributed by atoms with van der Waals surface area (Å²) >= 11 is 1.60. The highest BCUT2D eigenvalue weighted by Gasteiger charge is 2.13. The average Bonchev–Trinajstić information content (AvgIpc) is 3.35. The topological polar surface area (TPSA) is 66.0 Å². The lowest BCUT2D eigenvalue weighted by Gasteiger charge is -1.96. The van der Waals surface area contributed by atoms with Crippen molar-refractivity contribution >= 4 is 32.7 Å². The van der Waals surface area contributed by atoms with Crippen LogP contribution in [0, 0.1) is 13.8 Å². The summed E-state index contributed by atoms with van der Waals surface area (Å²) in [4.78, 5) is 9.31. The molecular formula is C20H16N4O2S. The molecule has 0 fully saturated rings. The maximum absolute atomic E-state index is 5.92. The highest BCUT2D eigenvalue weighted by Crippen LogP contribution is 2.32. The molecule has 134 valence electrons. The van der Waals surface area contributed by atoms with E-state index in [1.165, 1.54) is 0 Å². The summed E-state index contributed by atoms with van der Waals surface area (Å²) in [5, 5.41) is 5.38. The minimum atomic E-state index is 0.584. The highest BCUT2D eigenvalue weighted by atomic mass is 32.1. The Morgan fingerprint density at radius 2 is 1.89 bits per heavy atom. The van der Waals surface area contributed by atoms with E-state index in [-0.39, 0.29) is 0 Å². The first-order valence-corrected chi connectivity index (χ1v) is 9.31. The molecule has 0 saturated heterocycles. The van der Waals surface area contributed by atoms with E-state index < -0.39 is 0 Å². The van der Waals surface area contributed by atoms with Gasteiger partial charge in [0.05, 0.1) is 23.0 Å². The predicted octanol–water partition coefficient (Wildman–Crippen LogP) is 4.92. The summed E-state index contributed by atoms with van der Waals surface area (Å²) in [6, 6.07) is 13.7. The average molecular weight is 376 g/mol. The Morgan fingerprint density at radius 3 is 2.67 bits per heavy atom. The Labute approximate surface area is 159 Å². The lowest BCUT2D eigenvalue weighted by atomic mass is 10.2. The molecule has 5 rings (SSSR count). The normalized spacial score (nSPS) is 11.5. The number of aromatic nitrogens is 4. The van der Waals surface area contributed by atoms with Crippen molar-refractivity contribution in [1.82, 2.24) is 19.7 Å². The van der Waals surface area contributed by atoms with Gasteiger partial charge in [-0.25, -0.2) is 14.6 Å². The Morgan fingerprint density at radius 1 is 1.00 bits per heavy atom. The second kappa shape index (κ2) is 5.92. The fourth-order valence-corrected chi connectivity index (χ4v) is 4.13. The molecule has 0 radical (unpaired) electrons. The molecular weight excluding hydrogens is 360 g/mol. The summed E-state index contributed by atoms with van der Waals surface area (Å²) in [6.45, 7) is 4.02. The molecule has 0 spiro atoms. The molecule has 0 saturated carbocycles. The van der Waals surface area contributed by atoms with Gasteiger partial charge >= 0.3 is 0 Å². The van der Waals surface area contributed by atoms with Crippen LogP contribution in [0.5, 0.6) is 5.75 Å². The van der Waals surface area contributed by atoms with Crippen molar-refractivity contribution in [1.29, 1.82) is 0 Å². The fraction of sp³-hybridized carbons (Fsp3) is 0.150. The Hall–Kier alpha value is -3.19. The molecule has 0 bridgehead atoms. The number of hydrogen-bond donors (Lipinski definition) is 0. The van der Waals surface area contributed by atoms with Gasteiger partial charge in [-0.15, -0.1) is 0 Å². The maximum Gasteiger partial charge on any atom is 0.227 e. The molecule has 3 heterocycles. The van der Waals surface area contributed by atoms with Crippen molar-refractivity contribution in [3.8, 4) is 22.3 Å². The van der Waals surface area contributed by atoms with Crippen LogP contribution in [0.2, 0.25) is 0 Å². The molecule has 3 aromatic heterocycles. The minimum Gasteiger partial charge on any atom is -0.497 e. The number of aryl methyl sites for hydroxylation is 2. The zero-order chi connectivity index (χ0) is 18.5. The quantitative estimate of drug-likeness (QED) is 0.447. The third-order valence-electron chi connectivity index (χ3n) is 4.41. The lowest BCUT2D eigenvalue weighted by Crippen LogP contribution is -1.97. The van der Waals surface area contributed by atoms with Crippen molar-refractivity contribution in [2.75, 3.05) is 7.11 Å². The molecule has 0 amide bonds. The van der Waals surface area contributed by atoms with Gasteiger partial charge in [-0.2, -0.15) is 5.10 Å². The van der Waals surface area contributed by atoms with Gasteiger partial charge in [-0.05, 0) is 50.2 Å². The third-order valence-corrected chi connectivity index (χ3v) is 5.40. The van der Waals surface area contributed by atoms with Gasteiger partial charge in [0.25, 0.3) is 0 Å². The summed E-state index contributed by atoms with van der Waals surface area (Å²) in [7, 11) is 1.64. The molecule has 27 heavy (non-hydrogen) atoms. The van der Waals surface area contributed by atoms with Crippen LogP contribution >= 0.6 is 11.3 Å². The maximum atomic E-state index is 5.92. The predicted molar refractivity (Wildman–Crippen MR) is 106 cm³/mol. The van der Waals surface area contributed by atoms with Crippen LogP contribution < -0.4 is 4.74 Å². The van der Waals surface area contributed by atoms with Crippen LogP contribution in [-0.2, 0) is 0 Å². The number of benzene rings is 2. The Kier molecular flexibility index (Phi) is 3.51. The van der Waals surface area contributed by atoms with Gasteiger partial charge in [0.1, 0.15) is 11.3 Å². The number of thiazole rings is 1. The van der Waals surface area contributed by atoms with E-state index >= 15 is 0 Å². The highest BCUT2D eigenvalue weighted by molar-refractivity contribution is 7.20. The van der Waals surface area contributed by atoms with E-state index in [1.807, 2.05) is 54.9 Å².